The number of ether oxygens (including phenoxy) is 2. The van der Waals surface area contributed by atoms with Gasteiger partial charge >= 0.3 is 0 Å². The van der Waals surface area contributed by atoms with Crippen molar-refractivity contribution in [2.24, 2.45) is 5.92 Å². The predicted octanol–water partition coefficient (Wildman–Crippen LogP) is 4.15. The van der Waals surface area contributed by atoms with E-state index in [1.807, 2.05) is 6.07 Å². The molecule has 1 N–H and O–H groups in total. The molecule has 1 saturated carbocycles. The first-order valence-corrected chi connectivity index (χ1v) is 8.18. The Morgan fingerprint density at radius 1 is 1.00 bits per heavy atom. The van der Waals surface area contributed by atoms with Crippen LogP contribution in [0.4, 0.5) is 0 Å². The van der Waals surface area contributed by atoms with E-state index in [0.717, 1.165) is 24.0 Å². The topological polar surface area (TPSA) is 30.5 Å². The zero-order chi connectivity index (χ0) is 15.1. The highest BCUT2D eigenvalue weighted by molar-refractivity contribution is 5.38. The molecule has 1 atom stereocenters. The van der Waals surface area contributed by atoms with Gasteiger partial charge in [-0.2, -0.15) is 0 Å². The summed E-state index contributed by atoms with van der Waals surface area (Å²) < 4.78 is 10.7. The second kappa shape index (κ2) is 8.28. The highest BCUT2D eigenvalue weighted by Gasteiger charge is 2.18. The third-order valence-electron chi connectivity index (χ3n) is 4.65. The monoisotopic (exact) mass is 291 g/mol. The minimum Gasteiger partial charge on any atom is -0.497 e. The Kier molecular flexibility index (Phi) is 6.37. The fraction of sp³-hybridized carbons (Fsp3) is 0.667. The first kappa shape index (κ1) is 16.2. The van der Waals surface area contributed by atoms with Crippen molar-refractivity contribution in [3.63, 3.8) is 0 Å². The Morgan fingerprint density at radius 3 is 2.10 bits per heavy atom. The third kappa shape index (κ3) is 4.92. The lowest BCUT2D eigenvalue weighted by molar-refractivity contribution is 0.336. The van der Waals surface area contributed by atoms with Crippen LogP contribution in [-0.2, 0) is 6.54 Å². The molecule has 1 aliphatic rings. The van der Waals surface area contributed by atoms with Gasteiger partial charge in [-0.15, -0.1) is 0 Å². The van der Waals surface area contributed by atoms with Gasteiger partial charge in [0.15, 0.2) is 0 Å². The van der Waals surface area contributed by atoms with E-state index in [1.54, 1.807) is 14.2 Å². The Balaban J connectivity index is 1.92. The third-order valence-corrected chi connectivity index (χ3v) is 4.65. The molecule has 1 aromatic carbocycles. The van der Waals surface area contributed by atoms with Gasteiger partial charge < -0.3 is 14.8 Å². The fourth-order valence-corrected chi connectivity index (χ4v) is 3.22. The van der Waals surface area contributed by atoms with Crippen LogP contribution in [0.3, 0.4) is 0 Å². The van der Waals surface area contributed by atoms with E-state index in [-0.39, 0.29) is 0 Å². The lowest BCUT2D eigenvalue weighted by atomic mass is 9.93. The average Bonchev–Trinajstić information content (AvgIpc) is 2.81. The average molecular weight is 291 g/mol. The SMILES string of the molecule is COc1cc(CN[C@@H](C)C2CCCCCC2)cc(OC)c1. The molecule has 1 aliphatic carbocycles. The maximum absolute atomic E-state index is 5.33. The molecule has 0 unspecified atom stereocenters. The van der Waals surface area contributed by atoms with E-state index < -0.39 is 0 Å². The van der Waals surface area contributed by atoms with Gasteiger partial charge in [-0.05, 0) is 43.4 Å². The van der Waals surface area contributed by atoms with Crippen LogP contribution in [0, 0.1) is 5.92 Å². The van der Waals surface area contributed by atoms with Crippen molar-refractivity contribution in [3.8, 4) is 11.5 Å². The molecular weight excluding hydrogens is 262 g/mol. The van der Waals surface area contributed by atoms with Crippen LogP contribution in [0.2, 0.25) is 0 Å². The molecular formula is C18H29NO2. The number of hydrogen-bond donors (Lipinski definition) is 1. The van der Waals surface area contributed by atoms with E-state index in [2.05, 4.69) is 24.4 Å². The van der Waals surface area contributed by atoms with Gasteiger partial charge in [-0.25, -0.2) is 0 Å². The Morgan fingerprint density at radius 2 is 1.57 bits per heavy atom. The first-order chi connectivity index (χ1) is 10.2. The standard InChI is InChI=1S/C18H29NO2/c1-14(16-8-6-4-5-7-9-16)19-13-15-10-17(20-2)12-18(11-15)21-3/h10-12,14,16,19H,4-9,13H2,1-3H3/t14-/m0/s1. The molecule has 0 saturated heterocycles. The van der Waals surface area contributed by atoms with Crippen molar-refractivity contribution in [2.75, 3.05) is 14.2 Å². The lowest BCUT2D eigenvalue weighted by Gasteiger charge is -2.24. The first-order valence-electron chi connectivity index (χ1n) is 8.18. The van der Waals surface area contributed by atoms with E-state index in [1.165, 1.54) is 44.1 Å². The molecule has 3 nitrogen and oxygen atoms in total. The molecule has 0 heterocycles. The quantitative estimate of drug-likeness (QED) is 0.799. The molecule has 1 fully saturated rings. The summed E-state index contributed by atoms with van der Waals surface area (Å²) in [6.45, 7) is 3.19. The van der Waals surface area contributed by atoms with Crippen LogP contribution in [0.15, 0.2) is 18.2 Å². The minimum atomic E-state index is 0.570. The van der Waals surface area contributed by atoms with Crippen molar-refractivity contribution >= 4 is 0 Å². The molecule has 0 radical (unpaired) electrons. The van der Waals surface area contributed by atoms with Crippen molar-refractivity contribution in [1.82, 2.24) is 5.32 Å². The van der Waals surface area contributed by atoms with Crippen LogP contribution in [-0.4, -0.2) is 20.3 Å². The van der Waals surface area contributed by atoms with Crippen molar-refractivity contribution in [2.45, 2.75) is 58.0 Å². The van der Waals surface area contributed by atoms with Crippen LogP contribution < -0.4 is 14.8 Å². The highest BCUT2D eigenvalue weighted by Crippen LogP contribution is 2.26. The van der Waals surface area contributed by atoms with Crippen LogP contribution >= 0.6 is 0 Å². The predicted molar refractivity (Wildman–Crippen MR) is 87.0 cm³/mol. The van der Waals surface area contributed by atoms with Gasteiger partial charge in [-0.3, -0.25) is 0 Å². The fourth-order valence-electron chi connectivity index (χ4n) is 3.22. The van der Waals surface area contributed by atoms with E-state index in [0.29, 0.717) is 6.04 Å². The van der Waals surface area contributed by atoms with Crippen molar-refractivity contribution in [3.05, 3.63) is 23.8 Å². The molecule has 0 bridgehead atoms. The Labute approximate surface area is 129 Å². The van der Waals surface area contributed by atoms with Crippen LogP contribution in [0.25, 0.3) is 0 Å². The maximum Gasteiger partial charge on any atom is 0.122 e. The molecule has 1 aromatic rings. The lowest BCUT2D eigenvalue weighted by Crippen LogP contribution is -2.32. The number of hydrogen-bond acceptors (Lipinski definition) is 3. The number of rotatable bonds is 6. The molecule has 118 valence electrons. The summed E-state index contributed by atoms with van der Waals surface area (Å²) in [4.78, 5) is 0. The zero-order valence-electron chi connectivity index (χ0n) is 13.7. The second-order valence-electron chi connectivity index (χ2n) is 6.14. The number of benzene rings is 1. The van der Waals surface area contributed by atoms with Gasteiger partial charge in [0.1, 0.15) is 11.5 Å². The maximum atomic E-state index is 5.33. The summed E-state index contributed by atoms with van der Waals surface area (Å²) in [5, 5.41) is 3.69. The summed E-state index contributed by atoms with van der Waals surface area (Å²) in [7, 11) is 3.39. The van der Waals surface area contributed by atoms with Gasteiger partial charge in [-0.1, -0.05) is 25.7 Å². The van der Waals surface area contributed by atoms with Gasteiger partial charge in [0.25, 0.3) is 0 Å². The smallest absolute Gasteiger partial charge is 0.122 e. The molecule has 21 heavy (non-hydrogen) atoms. The van der Waals surface area contributed by atoms with Crippen LogP contribution in [0.1, 0.15) is 51.0 Å². The van der Waals surface area contributed by atoms with Crippen LogP contribution in [0.5, 0.6) is 11.5 Å². The summed E-state index contributed by atoms with van der Waals surface area (Å²) in [6, 6.07) is 6.64. The van der Waals surface area contributed by atoms with Crippen molar-refractivity contribution < 1.29 is 9.47 Å². The van der Waals surface area contributed by atoms with Gasteiger partial charge in [0.05, 0.1) is 14.2 Å². The number of nitrogens with one attached hydrogen (secondary N) is 1. The van der Waals surface area contributed by atoms with E-state index in [9.17, 15) is 0 Å². The summed E-state index contributed by atoms with van der Waals surface area (Å²) in [6.07, 6.45) is 8.35. The van der Waals surface area contributed by atoms with Gasteiger partial charge in [0, 0.05) is 18.7 Å². The summed E-state index contributed by atoms with van der Waals surface area (Å²) in [5.41, 5.74) is 1.21. The summed E-state index contributed by atoms with van der Waals surface area (Å²) >= 11 is 0. The van der Waals surface area contributed by atoms with Crippen molar-refractivity contribution in [1.29, 1.82) is 0 Å². The molecule has 0 aromatic heterocycles. The normalized spacial score (nSPS) is 18.0. The Hall–Kier alpha value is -1.22. The van der Waals surface area contributed by atoms with E-state index >= 15 is 0 Å². The molecule has 0 amide bonds. The highest BCUT2D eigenvalue weighted by atomic mass is 16.5. The van der Waals surface area contributed by atoms with Gasteiger partial charge in [0.2, 0.25) is 0 Å². The Bertz CT molecular complexity index is 403. The minimum absolute atomic E-state index is 0.570. The molecule has 3 heteroatoms. The van der Waals surface area contributed by atoms with E-state index in [4.69, 9.17) is 9.47 Å². The molecule has 2 rings (SSSR count). The second-order valence-corrected chi connectivity index (χ2v) is 6.14. The molecule has 0 spiro atoms. The zero-order valence-corrected chi connectivity index (χ0v) is 13.7. The number of methoxy groups -OCH3 is 2. The largest absolute Gasteiger partial charge is 0.497 e. The molecule has 0 aliphatic heterocycles. The summed E-state index contributed by atoms with van der Waals surface area (Å²) in [5.74, 6) is 2.53.